The van der Waals surface area contributed by atoms with Crippen molar-refractivity contribution in [2.24, 2.45) is 0 Å². The summed E-state index contributed by atoms with van der Waals surface area (Å²) >= 11 is 6.85. The number of nitrogens with zero attached hydrogens (tertiary/aromatic N) is 2. The first-order valence-electron chi connectivity index (χ1n) is 7.84. The van der Waals surface area contributed by atoms with Gasteiger partial charge in [-0.3, -0.25) is 14.5 Å². The van der Waals surface area contributed by atoms with Crippen LogP contribution >= 0.6 is 23.6 Å². The van der Waals surface area contributed by atoms with Gasteiger partial charge in [-0.2, -0.15) is 5.10 Å². The fourth-order valence-electron chi connectivity index (χ4n) is 2.41. The second-order valence-electron chi connectivity index (χ2n) is 5.32. The average Bonchev–Trinajstić information content (AvgIpc) is 3.25. The highest BCUT2D eigenvalue weighted by atomic mass is 32.1. The molecular weight excluding hydrogens is 356 g/mol. The van der Waals surface area contributed by atoms with Gasteiger partial charge in [0.25, 0.3) is 0 Å². The van der Waals surface area contributed by atoms with Crippen LogP contribution in [0.4, 0.5) is 5.69 Å². The van der Waals surface area contributed by atoms with Crippen LogP contribution in [0, 0.1) is 4.77 Å². The van der Waals surface area contributed by atoms with Crippen LogP contribution in [0.1, 0.15) is 19.9 Å². The van der Waals surface area contributed by atoms with Crippen molar-refractivity contribution in [2.45, 2.75) is 19.9 Å². The molecule has 3 aromatic rings. The molecule has 2 heterocycles. The first kappa shape index (κ1) is 17.4. The second-order valence-corrected chi connectivity index (χ2v) is 6.66. The minimum atomic E-state index is -0.505. The van der Waals surface area contributed by atoms with Gasteiger partial charge in [0.2, 0.25) is 5.91 Å². The van der Waals surface area contributed by atoms with E-state index in [1.165, 1.54) is 0 Å². The molecular formula is C17H18N4O2S2. The van der Waals surface area contributed by atoms with Crippen LogP contribution in [0.5, 0.6) is 5.75 Å². The summed E-state index contributed by atoms with van der Waals surface area (Å²) in [5, 5.41) is 11.9. The van der Waals surface area contributed by atoms with Gasteiger partial charge in [-0.05, 0) is 61.8 Å². The molecule has 0 fully saturated rings. The second kappa shape index (κ2) is 7.62. The van der Waals surface area contributed by atoms with Gasteiger partial charge < -0.3 is 10.1 Å². The first-order valence-corrected chi connectivity index (χ1v) is 9.13. The smallest absolute Gasteiger partial charge is 0.247 e. The molecule has 1 atom stereocenters. The zero-order valence-electron chi connectivity index (χ0n) is 13.9. The summed E-state index contributed by atoms with van der Waals surface area (Å²) in [4.78, 5) is 13.6. The maximum absolute atomic E-state index is 12.6. The van der Waals surface area contributed by atoms with E-state index in [4.69, 9.17) is 17.0 Å². The molecule has 1 unspecified atom stereocenters. The predicted molar refractivity (Wildman–Crippen MR) is 102 cm³/mol. The van der Waals surface area contributed by atoms with E-state index >= 15 is 0 Å². The lowest BCUT2D eigenvalue weighted by Gasteiger charge is -2.15. The molecule has 0 aliphatic heterocycles. The number of amides is 1. The van der Waals surface area contributed by atoms with Gasteiger partial charge >= 0.3 is 0 Å². The van der Waals surface area contributed by atoms with Crippen LogP contribution in [0.3, 0.4) is 0 Å². The molecule has 2 aromatic heterocycles. The Labute approximate surface area is 154 Å². The molecule has 0 bridgehead atoms. The van der Waals surface area contributed by atoms with Crippen molar-refractivity contribution in [2.75, 3.05) is 11.9 Å². The third kappa shape index (κ3) is 3.80. The van der Waals surface area contributed by atoms with Crippen LogP contribution in [-0.2, 0) is 4.79 Å². The summed E-state index contributed by atoms with van der Waals surface area (Å²) in [6.45, 7) is 4.33. The van der Waals surface area contributed by atoms with Crippen molar-refractivity contribution in [3.8, 4) is 16.5 Å². The summed E-state index contributed by atoms with van der Waals surface area (Å²) in [5.41, 5.74) is 0.702. The highest BCUT2D eigenvalue weighted by Gasteiger charge is 2.21. The number of ether oxygens (including phenoxy) is 1. The molecule has 0 aliphatic carbocycles. The zero-order valence-corrected chi connectivity index (χ0v) is 15.5. The molecule has 0 spiro atoms. The Balaban J connectivity index is 1.79. The fraction of sp³-hybridized carbons (Fsp3) is 0.235. The molecule has 3 rings (SSSR count). The molecule has 1 aromatic carbocycles. The highest BCUT2D eigenvalue weighted by Crippen LogP contribution is 2.26. The fourth-order valence-corrected chi connectivity index (χ4v) is 3.41. The predicted octanol–water partition coefficient (Wildman–Crippen LogP) is 4.27. The van der Waals surface area contributed by atoms with Crippen molar-refractivity contribution in [1.82, 2.24) is 14.8 Å². The lowest BCUT2D eigenvalue weighted by Crippen LogP contribution is -2.24. The number of thiophene rings is 1. The van der Waals surface area contributed by atoms with Crippen LogP contribution < -0.4 is 10.1 Å². The van der Waals surface area contributed by atoms with E-state index in [1.54, 1.807) is 22.8 Å². The first-order chi connectivity index (χ1) is 12.1. The van der Waals surface area contributed by atoms with Crippen molar-refractivity contribution in [3.05, 3.63) is 46.5 Å². The van der Waals surface area contributed by atoms with E-state index in [-0.39, 0.29) is 5.91 Å². The van der Waals surface area contributed by atoms with Crippen LogP contribution in [0.15, 0.2) is 41.8 Å². The lowest BCUT2D eigenvalue weighted by molar-refractivity contribution is -0.118. The van der Waals surface area contributed by atoms with Gasteiger partial charge in [0.05, 0.1) is 11.5 Å². The van der Waals surface area contributed by atoms with Crippen LogP contribution in [0.25, 0.3) is 10.7 Å². The van der Waals surface area contributed by atoms with E-state index in [0.29, 0.717) is 22.9 Å². The van der Waals surface area contributed by atoms with Crippen molar-refractivity contribution < 1.29 is 9.53 Å². The number of carbonyl (C=O) groups is 1. The van der Waals surface area contributed by atoms with Crippen LogP contribution in [0.2, 0.25) is 0 Å². The normalized spacial score (nSPS) is 11.9. The van der Waals surface area contributed by atoms with Crippen molar-refractivity contribution in [3.63, 3.8) is 0 Å². The SMILES string of the molecule is CCOc1ccc(NC(=O)C(C)n2c(-c3cccs3)n[nH]c2=S)cc1. The maximum Gasteiger partial charge on any atom is 0.247 e. The molecule has 1 amide bonds. The summed E-state index contributed by atoms with van der Waals surface area (Å²) in [5.74, 6) is 1.26. The van der Waals surface area contributed by atoms with E-state index in [9.17, 15) is 4.79 Å². The van der Waals surface area contributed by atoms with Gasteiger partial charge in [-0.1, -0.05) is 6.07 Å². The van der Waals surface area contributed by atoms with E-state index in [2.05, 4.69) is 15.5 Å². The standard InChI is InChI=1S/C17H18N4O2S2/c1-3-23-13-8-6-12(7-9-13)18-16(22)11(2)21-15(19-20-17(21)24)14-5-4-10-25-14/h4-11H,3H2,1-2H3,(H,18,22)(H,20,24). The Morgan fingerprint density at radius 3 is 2.80 bits per heavy atom. The highest BCUT2D eigenvalue weighted by molar-refractivity contribution is 7.71. The summed E-state index contributed by atoms with van der Waals surface area (Å²) in [7, 11) is 0. The Hall–Kier alpha value is -2.45. The Morgan fingerprint density at radius 1 is 1.40 bits per heavy atom. The molecule has 6 nitrogen and oxygen atoms in total. The number of aromatic amines is 1. The maximum atomic E-state index is 12.6. The van der Waals surface area contributed by atoms with Crippen LogP contribution in [-0.4, -0.2) is 27.3 Å². The zero-order chi connectivity index (χ0) is 17.8. The van der Waals surface area contributed by atoms with Crippen molar-refractivity contribution >= 4 is 35.1 Å². The summed E-state index contributed by atoms with van der Waals surface area (Å²) in [6, 6.07) is 10.6. The van der Waals surface area contributed by atoms with Crippen molar-refractivity contribution in [1.29, 1.82) is 0 Å². The number of hydrogen-bond acceptors (Lipinski definition) is 5. The minimum absolute atomic E-state index is 0.167. The number of H-pyrrole nitrogens is 1. The number of benzene rings is 1. The third-order valence-corrected chi connectivity index (χ3v) is 4.80. The topological polar surface area (TPSA) is 71.9 Å². The number of anilines is 1. The summed E-state index contributed by atoms with van der Waals surface area (Å²) in [6.07, 6.45) is 0. The number of hydrogen-bond donors (Lipinski definition) is 2. The molecule has 0 saturated carbocycles. The molecule has 0 aliphatic rings. The molecule has 2 N–H and O–H groups in total. The lowest BCUT2D eigenvalue weighted by atomic mass is 10.2. The monoisotopic (exact) mass is 374 g/mol. The molecule has 130 valence electrons. The van der Waals surface area contributed by atoms with E-state index in [0.717, 1.165) is 10.6 Å². The quantitative estimate of drug-likeness (QED) is 0.632. The number of nitrogens with one attached hydrogen (secondary N) is 2. The van der Waals surface area contributed by atoms with Gasteiger partial charge in [-0.15, -0.1) is 11.3 Å². The molecule has 0 radical (unpaired) electrons. The van der Waals surface area contributed by atoms with E-state index < -0.39 is 6.04 Å². The van der Waals surface area contributed by atoms with E-state index in [1.807, 2.05) is 48.7 Å². The minimum Gasteiger partial charge on any atom is -0.494 e. The number of rotatable bonds is 6. The summed E-state index contributed by atoms with van der Waals surface area (Å²) < 4.78 is 7.54. The molecule has 25 heavy (non-hydrogen) atoms. The Morgan fingerprint density at radius 2 is 2.16 bits per heavy atom. The number of carbonyl (C=O) groups excluding carboxylic acids is 1. The third-order valence-electron chi connectivity index (χ3n) is 3.65. The van der Waals surface area contributed by atoms with Gasteiger partial charge in [0, 0.05) is 5.69 Å². The Bertz CT molecular complexity index is 898. The average molecular weight is 374 g/mol. The number of aromatic nitrogens is 3. The largest absolute Gasteiger partial charge is 0.494 e. The van der Waals surface area contributed by atoms with Gasteiger partial charge in [0.1, 0.15) is 11.8 Å². The molecule has 0 saturated heterocycles. The Kier molecular flexibility index (Phi) is 5.30. The van der Waals surface area contributed by atoms with Gasteiger partial charge in [0.15, 0.2) is 10.6 Å². The van der Waals surface area contributed by atoms with Gasteiger partial charge in [-0.25, -0.2) is 0 Å². The molecule has 8 heteroatoms.